The van der Waals surface area contributed by atoms with Crippen molar-refractivity contribution in [2.75, 3.05) is 11.9 Å². The van der Waals surface area contributed by atoms with Crippen LogP contribution in [0.5, 0.6) is 0 Å². The molecule has 2 N–H and O–H groups in total. The Kier molecular flexibility index (Phi) is 6.52. The number of hydrogen-bond donors (Lipinski definition) is 2. The summed E-state index contributed by atoms with van der Waals surface area (Å²) in [6.45, 7) is 6.02. The third kappa shape index (κ3) is 4.52. The van der Waals surface area contributed by atoms with Crippen molar-refractivity contribution in [3.05, 3.63) is 75.8 Å². The zero-order chi connectivity index (χ0) is 21.8. The fraction of sp³-hybridized carbons (Fsp3) is 0.227. The summed E-state index contributed by atoms with van der Waals surface area (Å²) < 4.78 is 14.8. The van der Waals surface area contributed by atoms with E-state index in [1.54, 1.807) is 42.8 Å². The normalized spacial score (nSPS) is 10.7. The van der Waals surface area contributed by atoms with Crippen molar-refractivity contribution >= 4 is 29.1 Å². The van der Waals surface area contributed by atoms with Gasteiger partial charge in [0.2, 0.25) is 0 Å². The van der Waals surface area contributed by atoms with Gasteiger partial charge in [-0.25, -0.2) is 9.07 Å². The van der Waals surface area contributed by atoms with Gasteiger partial charge in [0.25, 0.3) is 11.8 Å². The van der Waals surface area contributed by atoms with Gasteiger partial charge in [-0.05, 0) is 62.7 Å². The van der Waals surface area contributed by atoms with Crippen molar-refractivity contribution in [3.63, 3.8) is 0 Å². The zero-order valence-electron chi connectivity index (χ0n) is 16.9. The average molecular weight is 429 g/mol. The van der Waals surface area contributed by atoms with Crippen molar-refractivity contribution in [2.45, 2.75) is 27.2 Å². The number of aryl methyl sites for hydroxylation is 1. The molecule has 0 saturated heterocycles. The van der Waals surface area contributed by atoms with E-state index in [4.69, 9.17) is 11.6 Å². The van der Waals surface area contributed by atoms with Crippen LogP contribution in [0.2, 0.25) is 5.02 Å². The summed E-state index contributed by atoms with van der Waals surface area (Å²) in [6, 6.07) is 10.6. The first-order chi connectivity index (χ1) is 14.3. The van der Waals surface area contributed by atoms with Gasteiger partial charge in [0.15, 0.2) is 0 Å². The molecule has 0 bridgehead atoms. The lowest BCUT2D eigenvalue weighted by Crippen LogP contribution is -2.24. The second kappa shape index (κ2) is 9.09. The summed E-state index contributed by atoms with van der Waals surface area (Å²) in [6.07, 6.45) is 0.821. The number of nitrogens with one attached hydrogen (secondary N) is 2. The molecule has 3 rings (SSSR count). The van der Waals surface area contributed by atoms with Crippen LogP contribution in [0.4, 0.5) is 10.1 Å². The van der Waals surface area contributed by atoms with Gasteiger partial charge in [0.1, 0.15) is 5.82 Å². The van der Waals surface area contributed by atoms with E-state index in [1.165, 1.54) is 18.2 Å². The van der Waals surface area contributed by atoms with Crippen LogP contribution in [0.1, 0.15) is 45.4 Å². The summed E-state index contributed by atoms with van der Waals surface area (Å²) in [5, 5.41) is 10.2. The molecule has 0 atom stereocenters. The molecule has 0 aliphatic carbocycles. The average Bonchev–Trinajstić information content (AvgIpc) is 3.01. The largest absolute Gasteiger partial charge is 0.352 e. The van der Waals surface area contributed by atoms with Gasteiger partial charge in [-0.15, -0.1) is 0 Å². The molecule has 156 valence electrons. The Labute approximate surface area is 179 Å². The van der Waals surface area contributed by atoms with E-state index in [0.29, 0.717) is 40.4 Å². The van der Waals surface area contributed by atoms with Gasteiger partial charge in [0.05, 0.1) is 33.2 Å². The molecule has 2 aromatic carbocycles. The van der Waals surface area contributed by atoms with Gasteiger partial charge < -0.3 is 10.6 Å². The van der Waals surface area contributed by atoms with Crippen LogP contribution in [0.3, 0.4) is 0 Å². The van der Waals surface area contributed by atoms with Crippen molar-refractivity contribution in [2.24, 2.45) is 0 Å². The summed E-state index contributed by atoms with van der Waals surface area (Å²) >= 11 is 6.23. The Morgan fingerprint density at radius 2 is 1.80 bits per heavy atom. The lowest BCUT2D eigenvalue weighted by atomic mass is 10.1. The number of carbonyl (C=O) groups is 2. The van der Waals surface area contributed by atoms with Gasteiger partial charge in [0, 0.05) is 12.2 Å². The molecule has 1 aromatic heterocycles. The summed E-state index contributed by atoms with van der Waals surface area (Å²) in [7, 11) is 0. The number of benzene rings is 2. The Balaban J connectivity index is 1.82. The lowest BCUT2D eigenvalue weighted by Gasteiger charge is -2.10. The third-order valence-electron chi connectivity index (χ3n) is 4.60. The second-order valence-electron chi connectivity index (χ2n) is 6.84. The molecular formula is C22H22ClFN4O2. The lowest BCUT2D eigenvalue weighted by molar-refractivity contribution is 0.0953. The topological polar surface area (TPSA) is 76.0 Å². The van der Waals surface area contributed by atoms with Crippen LogP contribution in [-0.2, 0) is 0 Å². The fourth-order valence-corrected chi connectivity index (χ4v) is 3.38. The van der Waals surface area contributed by atoms with E-state index in [-0.39, 0.29) is 22.7 Å². The Bertz CT molecular complexity index is 1090. The number of anilines is 1. The Morgan fingerprint density at radius 3 is 2.43 bits per heavy atom. The predicted molar refractivity (Wildman–Crippen MR) is 115 cm³/mol. The van der Waals surface area contributed by atoms with Crippen molar-refractivity contribution in [1.29, 1.82) is 0 Å². The molecule has 8 heteroatoms. The summed E-state index contributed by atoms with van der Waals surface area (Å²) in [4.78, 5) is 25.0. The molecule has 3 aromatic rings. The van der Waals surface area contributed by atoms with Crippen LogP contribution in [-0.4, -0.2) is 28.1 Å². The molecule has 0 aliphatic rings. The molecule has 0 unspecified atom stereocenters. The SMILES string of the molecule is CCCNC(=O)c1ccc(NC(=O)c2c(C)nn(-c3ccc(F)cc3)c2C)cc1Cl. The Morgan fingerprint density at radius 1 is 1.10 bits per heavy atom. The maximum Gasteiger partial charge on any atom is 0.259 e. The molecule has 2 amide bonds. The van der Waals surface area contributed by atoms with Crippen LogP contribution in [0.25, 0.3) is 5.69 Å². The number of hydrogen-bond acceptors (Lipinski definition) is 3. The molecular weight excluding hydrogens is 407 g/mol. The van der Waals surface area contributed by atoms with Crippen LogP contribution >= 0.6 is 11.6 Å². The van der Waals surface area contributed by atoms with E-state index in [2.05, 4.69) is 15.7 Å². The number of halogens is 2. The van der Waals surface area contributed by atoms with E-state index < -0.39 is 0 Å². The highest BCUT2D eigenvalue weighted by atomic mass is 35.5. The van der Waals surface area contributed by atoms with Gasteiger partial charge >= 0.3 is 0 Å². The first-order valence-corrected chi connectivity index (χ1v) is 9.91. The molecule has 0 aliphatic heterocycles. The number of rotatable bonds is 6. The maximum atomic E-state index is 13.2. The van der Waals surface area contributed by atoms with Crippen LogP contribution in [0.15, 0.2) is 42.5 Å². The number of aromatic nitrogens is 2. The predicted octanol–water partition coefficient (Wildman–Crippen LogP) is 4.67. The highest BCUT2D eigenvalue weighted by Gasteiger charge is 2.20. The van der Waals surface area contributed by atoms with Crippen LogP contribution in [0, 0.1) is 19.7 Å². The standard InChI is InChI=1S/C22H22ClFN4O2/c1-4-11-25-21(29)18-10-7-16(12-19(18)23)26-22(30)20-13(2)27-28(14(20)3)17-8-5-15(24)6-9-17/h5-10,12H,4,11H2,1-3H3,(H,25,29)(H,26,30). The van der Waals surface area contributed by atoms with Gasteiger partial charge in [-0.3, -0.25) is 9.59 Å². The second-order valence-corrected chi connectivity index (χ2v) is 7.25. The highest BCUT2D eigenvalue weighted by molar-refractivity contribution is 6.34. The first-order valence-electron chi connectivity index (χ1n) is 9.53. The van der Waals surface area contributed by atoms with Crippen LogP contribution < -0.4 is 10.6 Å². The Hall–Kier alpha value is -3.19. The summed E-state index contributed by atoms with van der Waals surface area (Å²) in [5.74, 6) is -0.952. The highest BCUT2D eigenvalue weighted by Crippen LogP contribution is 2.23. The minimum Gasteiger partial charge on any atom is -0.352 e. The first kappa shape index (κ1) is 21.5. The molecule has 0 saturated carbocycles. The van der Waals surface area contributed by atoms with E-state index >= 15 is 0 Å². The zero-order valence-corrected chi connectivity index (χ0v) is 17.7. The number of amides is 2. The van der Waals surface area contributed by atoms with E-state index in [1.807, 2.05) is 6.92 Å². The fourth-order valence-electron chi connectivity index (χ4n) is 3.11. The number of nitrogens with zero attached hydrogens (tertiary/aromatic N) is 2. The minimum atomic E-state index is -0.349. The van der Waals surface area contributed by atoms with E-state index in [0.717, 1.165) is 6.42 Å². The van der Waals surface area contributed by atoms with Crippen molar-refractivity contribution < 1.29 is 14.0 Å². The van der Waals surface area contributed by atoms with Crippen molar-refractivity contribution in [3.8, 4) is 5.69 Å². The molecule has 6 nitrogen and oxygen atoms in total. The summed E-state index contributed by atoms with van der Waals surface area (Å²) in [5.41, 5.74) is 3.04. The maximum absolute atomic E-state index is 13.2. The quantitative estimate of drug-likeness (QED) is 0.598. The van der Waals surface area contributed by atoms with Gasteiger partial charge in [-0.2, -0.15) is 5.10 Å². The molecule has 30 heavy (non-hydrogen) atoms. The molecule has 0 fully saturated rings. The monoisotopic (exact) mass is 428 g/mol. The third-order valence-corrected chi connectivity index (χ3v) is 4.91. The molecule has 1 heterocycles. The minimum absolute atomic E-state index is 0.247. The molecule has 0 radical (unpaired) electrons. The van der Waals surface area contributed by atoms with E-state index in [9.17, 15) is 14.0 Å². The van der Waals surface area contributed by atoms with Gasteiger partial charge in [-0.1, -0.05) is 18.5 Å². The number of carbonyl (C=O) groups excluding carboxylic acids is 2. The smallest absolute Gasteiger partial charge is 0.259 e. The molecule has 0 spiro atoms. The van der Waals surface area contributed by atoms with Crippen molar-refractivity contribution in [1.82, 2.24) is 15.1 Å².